The van der Waals surface area contributed by atoms with E-state index in [1.165, 1.54) is 4.90 Å². The summed E-state index contributed by atoms with van der Waals surface area (Å²) in [7, 11) is 0. The van der Waals surface area contributed by atoms with Crippen molar-refractivity contribution >= 4 is 29.4 Å². The van der Waals surface area contributed by atoms with Gasteiger partial charge in [0.2, 0.25) is 11.8 Å². The van der Waals surface area contributed by atoms with Crippen LogP contribution in [0.25, 0.3) is 0 Å². The van der Waals surface area contributed by atoms with E-state index in [0.717, 1.165) is 22.3 Å². The second-order valence-corrected chi connectivity index (χ2v) is 8.00. The van der Waals surface area contributed by atoms with Crippen molar-refractivity contribution in [2.75, 3.05) is 5.32 Å². The van der Waals surface area contributed by atoms with Crippen LogP contribution in [0.2, 0.25) is 0 Å². The Morgan fingerprint density at radius 3 is 2.65 bits per heavy atom. The van der Waals surface area contributed by atoms with Crippen molar-refractivity contribution in [2.45, 2.75) is 45.8 Å². The van der Waals surface area contributed by atoms with E-state index in [9.17, 15) is 19.2 Å². The zero-order valence-corrected chi connectivity index (χ0v) is 17.5. The molecule has 31 heavy (non-hydrogen) atoms. The molecular formula is C23H24N4O4. The Hall–Kier alpha value is -3.68. The smallest absolute Gasteiger partial charge is 0.319 e. The number of amides is 5. The Morgan fingerprint density at radius 1 is 1.10 bits per heavy atom. The summed E-state index contributed by atoms with van der Waals surface area (Å²) >= 11 is 0. The van der Waals surface area contributed by atoms with Crippen LogP contribution in [-0.2, 0) is 22.7 Å². The lowest BCUT2D eigenvalue weighted by atomic mass is 10.0. The third-order valence-electron chi connectivity index (χ3n) is 5.81. The number of aryl methyl sites for hydroxylation is 2. The van der Waals surface area contributed by atoms with Gasteiger partial charge in [-0.3, -0.25) is 19.7 Å². The maximum absolute atomic E-state index is 12.9. The molecule has 0 aliphatic carbocycles. The van der Waals surface area contributed by atoms with Crippen molar-refractivity contribution < 1.29 is 19.2 Å². The first kappa shape index (κ1) is 20.6. The summed E-state index contributed by atoms with van der Waals surface area (Å²) in [5.74, 6) is -0.967. The van der Waals surface area contributed by atoms with Gasteiger partial charge in [-0.2, -0.15) is 0 Å². The number of carbonyl (C=O) groups excluding carboxylic acids is 4. The van der Waals surface area contributed by atoms with Crippen LogP contribution in [0.15, 0.2) is 36.4 Å². The van der Waals surface area contributed by atoms with E-state index >= 15 is 0 Å². The number of hydrogen-bond acceptors (Lipinski definition) is 4. The molecule has 1 unspecified atom stereocenters. The van der Waals surface area contributed by atoms with Crippen LogP contribution in [-0.4, -0.2) is 34.7 Å². The number of hydrogen-bond donors (Lipinski definition) is 3. The molecule has 1 saturated heterocycles. The minimum Gasteiger partial charge on any atom is -0.334 e. The van der Waals surface area contributed by atoms with E-state index in [-0.39, 0.29) is 30.8 Å². The summed E-state index contributed by atoms with van der Waals surface area (Å²) in [6.45, 7) is 4.59. The number of urea groups is 1. The number of carbonyl (C=O) groups is 4. The van der Waals surface area contributed by atoms with Gasteiger partial charge >= 0.3 is 6.03 Å². The highest BCUT2D eigenvalue weighted by Gasteiger charge is 2.39. The number of nitrogens with one attached hydrogen (secondary N) is 3. The van der Waals surface area contributed by atoms with Gasteiger partial charge in [0.05, 0.1) is 0 Å². The van der Waals surface area contributed by atoms with Crippen LogP contribution in [0.1, 0.15) is 45.5 Å². The molecule has 8 heteroatoms. The lowest BCUT2D eigenvalue weighted by molar-refractivity contribution is -0.136. The van der Waals surface area contributed by atoms with Gasteiger partial charge in [0.1, 0.15) is 6.04 Å². The minimum absolute atomic E-state index is 0.224. The van der Waals surface area contributed by atoms with Crippen molar-refractivity contribution in [3.63, 3.8) is 0 Å². The molecule has 1 atom stereocenters. The number of fused-ring (bicyclic) bond motifs is 1. The fourth-order valence-electron chi connectivity index (χ4n) is 3.89. The van der Waals surface area contributed by atoms with Gasteiger partial charge in [-0.15, -0.1) is 0 Å². The molecule has 2 aliphatic heterocycles. The van der Waals surface area contributed by atoms with Crippen LogP contribution in [0.4, 0.5) is 10.5 Å². The molecule has 0 spiro atoms. The number of rotatable bonds is 4. The molecule has 8 nitrogen and oxygen atoms in total. The van der Waals surface area contributed by atoms with E-state index in [4.69, 9.17) is 0 Å². The molecule has 2 heterocycles. The summed E-state index contributed by atoms with van der Waals surface area (Å²) < 4.78 is 0. The van der Waals surface area contributed by atoms with Crippen LogP contribution in [0, 0.1) is 13.8 Å². The first-order chi connectivity index (χ1) is 14.8. The van der Waals surface area contributed by atoms with Gasteiger partial charge < -0.3 is 15.5 Å². The predicted octanol–water partition coefficient (Wildman–Crippen LogP) is 2.39. The van der Waals surface area contributed by atoms with E-state index in [0.29, 0.717) is 24.2 Å². The van der Waals surface area contributed by atoms with E-state index in [1.807, 2.05) is 44.2 Å². The molecule has 0 bridgehead atoms. The normalized spacial score (nSPS) is 17.9. The summed E-state index contributed by atoms with van der Waals surface area (Å²) in [6.07, 6.45) is 0.554. The summed E-state index contributed by atoms with van der Waals surface area (Å²) in [6, 6.07) is 10.2. The average molecular weight is 420 g/mol. The molecule has 0 radical (unpaired) electrons. The summed E-state index contributed by atoms with van der Waals surface area (Å²) in [5, 5.41) is 7.90. The molecule has 2 aromatic carbocycles. The maximum atomic E-state index is 12.9. The molecule has 5 amide bonds. The summed E-state index contributed by atoms with van der Waals surface area (Å²) in [5.41, 5.74) is 5.10. The van der Waals surface area contributed by atoms with Gasteiger partial charge in [0.25, 0.3) is 5.91 Å². The minimum atomic E-state index is -0.636. The average Bonchev–Trinajstić information content (AvgIpc) is 3.05. The van der Waals surface area contributed by atoms with E-state index in [2.05, 4.69) is 16.0 Å². The standard InChI is InChI=1S/C23H24N4O4/c1-13-3-6-17(9-14(13)2)25-23(31)24-11-15-4-5-16-12-27(22(30)18(16)10-15)19-7-8-20(28)26-21(19)29/h3-6,9-10,19H,7-8,11-12H2,1-2H3,(H2,24,25,31)(H,26,28,29). The Balaban J connectivity index is 1.38. The van der Waals surface area contributed by atoms with Crippen molar-refractivity contribution in [3.05, 3.63) is 64.2 Å². The number of imide groups is 1. The molecule has 0 saturated carbocycles. The van der Waals surface area contributed by atoms with Crippen molar-refractivity contribution in [3.8, 4) is 0 Å². The lowest BCUT2D eigenvalue weighted by Crippen LogP contribution is -2.52. The van der Waals surface area contributed by atoms with Crippen molar-refractivity contribution in [1.29, 1.82) is 0 Å². The molecule has 0 aromatic heterocycles. The van der Waals surface area contributed by atoms with Crippen LogP contribution >= 0.6 is 0 Å². The second-order valence-electron chi connectivity index (χ2n) is 8.00. The second kappa shape index (κ2) is 8.22. The third-order valence-corrected chi connectivity index (χ3v) is 5.81. The predicted molar refractivity (Wildman–Crippen MR) is 114 cm³/mol. The highest BCUT2D eigenvalue weighted by Crippen LogP contribution is 2.28. The zero-order chi connectivity index (χ0) is 22.1. The van der Waals surface area contributed by atoms with Crippen LogP contribution in [0.5, 0.6) is 0 Å². The fraction of sp³-hybridized carbons (Fsp3) is 0.304. The molecule has 3 N–H and O–H groups in total. The fourth-order valence-corrected chi connectivity index (χ4v) is 3.89. The number of nitrogens with zero attached hydrogens (tertiary/aromatic N) is 1. The van der Waals surface area contributed by atoms with Gasteiger partial charge in [-0.25, -0.2) is 4.79 Å². The van der Waals surface area contributed by atoms with Crippen LogP contribution in [0.3, 0.4) is 0 Å². The molecule has 2 aromatic rings. The van der Waals surface area contributed by atoms with Crippen molar-refractivity contribution in [1.82, 2.24) is 15.5 Å². The lowest BCUT2D eigenvalue weighted by Gasteiger charge is -2.29. The zero-order valence-electron chi connectivity index (χ0n) is 17.5. The molecule has 4 rings (SSSR count). The van der Waals surface area contributed by atoms with Gasteiger partial charge in [0.15, 0.2) is 0 Å². The van der Waals surface area contributed by atoms with E-state index < -0.39 is 11.9 Å². The van der Waals surface area contributed by atoms with Gasteiger partial charge in [-0.05, 0) is 60.7 Å². The van der Waals surface area contributed by atoms with Gasteiger partial charge in [0, 0.05) is 30.8 Å². The molecule has 1 fully saturated rings. The Morgan fingerprint density at radius 2 is 1.90 bits per heavy atom. The van der Waals surface area contributed by atoms with Crippen LogP contribution < -0.4 is 16.0 Å². The van der Waals surface area contributed by atoms with E-state index in [1.54, 1.807) is 6.07 Å². The highest BCUT2D eigenvalue weighted by molar-refractivity contribution is 6.05. The number of benzene rings is 2. The number of anilines is 1. The van der Waals surface area contributed by atoms with Crippen molar-refractivity contribution in [2.24, 2.45) is 0 Å². The topological polar surface area (TPSA) is 108 Å². The first-order valence-corrected chi connectivity index (χ1v) is 10.2. The summed E-state index contributed by atoms with van der Waals surface area (Å²) in [4.78, 5) is 50.1. The molecular weight excluding hydrogens is 396 g/mol. The molecule has 2 aliphatic rings. The Bertz CT molecular complexity index is 1090. The maximum Gasteiger partial charge on any atom is 0.319 e. The largest absolute Gasteiger partial charge is 0.334 e. The Labute approximate surface area is 180 Å². The third kappa shape index (κ3) is 4.28. The first-order valence-electron chi connectivity index (χ1n) is 10.2. The Kier molecular flexibility index (Phi) is 5.46. The van der Waals surface area contributed by atoms with Gasteiger partial charge in [-0.1, -0.05) is 18.2 Å². The number of piperidine rings is 1. The quantitative estimate of drug-likeness (QED) is 0.660. The molecule has 160 valence electrons. The monoisotopic (exact) mass is 420 g/mol. The highest BCUT2D eigenvalue weighted by atomic mass is 16.2. The SMILES string of the molecule is Cc1ccc(NC(=O)NCc2ccc3c(c2)C(=O)N(C2CCC(=O)NC2=O)C3)cc1C.